The van der Waals surface area contributed by atoms with Gasteiger partial charge in [-0.1, -0.05) is 6.92 Å². The van der Waals surface area contributed by atoms with Crippen LogP contribution >= 0.6 is 0 Å². The van der Waals surface area contributed by atoms with Crippen molar-refractivity contribution >= 4 is 7.85 Å². The third kappa shape index (κ3) is 1.26. The number of halogens is 1. The molecule has 1 fully saturated rings. The van der Waals surface area contributed by atoms with Gasteiger partial charge in [0.25, 0.3) is 0 Å². The van der Waals surface area contributed by atoms with Crippen molar-refractivity contribution in [2.24, 2.45) is 5.92 Å². The highest BCUT2D eigenvalue weighted by Gasteiger charge is 2.50. The predicted octanol–water partition coefficient (Wildman–Crippen LogP) is -0.791. The molecule has 1 heterocycles. The standard InChI is InChI=1S/C7H12BFO3/c1-4-5(9)6(8)12-7(4,2-10)3-11/h4-6,10-11H,2-3H2,1H3/t4-,5?,6-/m1/s1. The number of hydrogen-bond donors (Lipinski definition) is 2. The van der Waals surface area contributed by atoms with Gasteiger partial charge in [-0.15, -0.1) is 0 Å². The molecule has 68 valence electrons. The predicted molar refractivity (Wildman–Crippen MR) is 41.6 cm³/mol. The number of rotatable bonds is 2. The van der Waals surface area contributed by atoms with Crippen LogP contribution in [0.4, 0.5) is 4.39 Å². The Hall–Kier alpha value is -0.125. The first-order chi connectivity index (χ1) is 5.57. The number of aliphatic hydroxyl groups is 2. The van der Waals surface area contributed by atoms with Crippen molar-refractivity contribution < 1.29 is 19.3 Å². The van der Waals surface area contributed by atoms with Crippen molar-refractivity contribution in [3.8, 4) is 0 Å². The SMILES string of the molecule is [B][C@@H]1OC(CO)(CO)[C@H](C)C1F. The fourth-order valence-corrected chi connectivity index (χ4v) is 1.43. The molecule has 0 spiro atoms. The number of ether oxygens (including phenoxy) is 1. The van der Waals surface area contributed by atoms with Crippen molar-refractivity contribution in [2.45, 2.75) is 24.7 Å². The second-order valence-corrected chi connectivity index (χ2v) is 3.20. The molecule has 0 aromatic carbocycles. The third-order valence-electron chi connectivity index (χ3n) is 2.53. The van der Waals surface area contributed by atoms with Crippen molar-refractivity contribution in [2.75, 3.05) is 13.2 Å². The van der Waals surface area contributed by atoms with E-state index in [1.807, 2.05) is 0 Å². The van der Waals surface area contributed by atoms with E-state index < -0.39 is 36.9 Å². The van der Waals surface area contributed by atoms with Crippen LogP contribution in [0.3, 0.4) is 0 Å². The van der Waals surface area contributed by atoms with Crippen LogP contribution in [0.25, 0.3) is 0 Å². The van der Waals surface area contributed by atoms with Crippen molar-refractivity contribution in [3.63, 3.8) is 0 Å². The molecular weight excluding hydrogens is 162 g/mol. The minimum atomic E-state index is -1.33. The zero-order valence-corrected chi connectivity index (χ0v) is 6.90. The van der Waals surface area contributed by atoms with Gasteiger partial charge in [-0.05, 0) is 0 Å². The van der Waals surface area contributed by atoms with Crippen LogP contribution < -0.4 is 0 Å². The summed E-state index contributed by atoms with van der Waals surface area (Å²) < 4.78 is 18.1. The number of hydrogen-bond acceptors (Lipinski definition) is 3. The molecular formula is C7H12BFO3. The van der Waals surface area contributed by atoms with Crippen molar-refractivity contribution in [1.29, 1.82) is 0 Å². The normalized spacial score (nSPS) is 40.2. The van der Waals surface area contributed by atoms with Crippen LogP contribution in [-0.2, 0) is 4.74 Å². The third-order valence-corrected chi connectivity index (χ3v) is 2.53. The summed E-state index contributed by atoms with van der Waals surface area (Å²) in [7, 11) is 5.28. The van der Waals surface area contributed by atoms with E-state index in [2.05, 4.69) is 0 Å². The smallest absolute Gasteiger partial charge is 0.123 e. The molecule has 3 atom stereocenters. The molecule has 12 heavy (non-hydrogen) atoms. The maximum absolute atomic E-state index is 13.1. The average Bonchev–Trinajstić information content (AvgIpc) is 2.30. The number of aliphatic hydroxyl groups excluding tert-OH is 2. The van der Waals surface area contributed by atoms with E-state index in [0.29, 0.717) is 0 Å². The summed E-state index contributed by atoms with van der Waals surface area (Å²) in [6.45, 7) is 0.724. The topological polar surface area (TPSA) is 49.7 Å². The van der Waals surface area contributed by atoms with Crippen LogP contribution in [0, 0.1) is 5.92 Å². The van der Waals surface area contributed by atoms with Crippen molar-refractivity contribution in [3.05, 3.63) is 0 Å². The van der Waals surface area contributed by atoms with E-state index in [4.69, 9.17) is 22.8 Å². The van der Waals surface area contributed by atoms with Crippen LogP contribution in [0.15, 0.2) is 0 Å². The fraction of sp³-hybridized carbons (Fsp3) is 1.00. The Bertz CT molecular complexity index is 163. The minimum absolute atomic E-state index is 0.418. The van der Waals surface area contributed by atoms with Gasteiger partial charge in [0.1, 0.15) is 19.6 Å². The summed E-state index contributed by atoms with van der Waals surface area (Å²) in [5, 5.41) is 17.8. The minimum Gasteiger partial charge on any atom is -0.393 e. The average molecular weight is 174 g/mol. The van der Waals surface area contributed by atoms with Gasteiger partial charge in [0.15, 0.2) is 0 Å². The fourth-order valence-electron chi connectivity index (χ4n) is 1.43. The molecule has 0 saturated carbocycles. The quantitative estimate of drug-likeness (QED) is 0.539. The van der Waals surface area contributed by atoms with E-state index in [1.165, 1.54) is 0 Å². The summed E-state index contributed by atoms with van der Waals surface area (Å²) in [5.74, 6) is -0.581. The lowest BCUT2D eigenvalue weighted by molar-refractivity contribution is -0.0991. The monoisotopic (exact) mass is 174 g/mol. The molecule has 0 aromatic heterocycles. The van der Waals surface area contributed by atoms with E-state index in [-0.39, 0.29) is 0 Å². The van der Waals surface area contributed by atoms with Crippen molar-refractivity contribution in [1.82, 2.24) is 0 Å². The van der Waals surface area contributed by atoms with E-state index in [0.717, 1.165) is 0 Å². The summed E-state index contributed by atoms with van der Waals surface area (Å²) in [4.78, 5) is 0. The first-order valence-electron chi connectivity index (χ1n) is 3.86. The van der Waals surface area contributed by atoms with Gasteiger partial charge >= 0.3 is 0 Å². The Morgan fingerprint density at radius 2 is 2.00 bits per heavy atom. The first kappa shape index (κ1) is 9.96. The molecule has 1 unspecified atom stereocenters. The Morgan fingerprint density at radius 1 is 1.50 bits per heavy atom. The molecule has 2 N–H and O–H groups in total. The van der Waals surface area contributed by atoms with Gasteiger partial charge in [-0.3, -0.25) is 0 Å². The summed E-state index contributed by atoms with van der Waals surface area (Å²) in [5.41, 5.74) is -1.21. The molecule has 0 amide bonds. The molecule has 5 heteroatoms. The Kier molecular flexibility index (Phi) is 2.75. The number of alkyl halides is 1. The van der Waals surface area contributed by atoms with Crippen LogP contribution in [0.5, 0.6) is 0 Å². The summed E-state index contributed by atoms with van der Waals surface area (Å²) in [6.07, 6.45) is -1.33. The van der Waals surface area contributed by atoms with E-state index >= 15 is 0 Å². The maximum atomic E-state index is 13.1. The summed E-state index contributed by atoms with van der Waals surface area (Å²) in [6, 6.07) is -1.04. The second-order valence-electron chi connectivity index (χ2n) is 3.20. The zero-order chi connectivity index (χ0) is 9.35. The molecule has 2 radical (unpaired) electrons. The molecule has 1 aliphatic rings. The van der Waals surface area contributed by atoms with Crippen LogP contribution in [-0.4, -0.2) is 49.0 Å². The zero-order valence-electron chi connectivity index (χ0n) is 6.90. The molecule has 0 aromatic rings. The van der Waals surface area contributed by atoms with Gasteiger partial charge in [0.05, 0.1) is 13.2 Å². The first-order valence-corrected chi connectivity index (χ1v) is 3.86. The van der Waals surface area contributed by atoms with Crippen LogP contribution in [0.2, 0.25) is 0 Å². The van der Waals surface area contributed by atoms with Gasteiger partial charge < -0.3 is 14.9 Å². The van der Waals surface area contributed by atoms with E-state index in [9.17, 15) is 4.39 Å². The molecule has 0 bridgehead atoms. The van der Waals surface area contributed by atoms with E-state index in [1.54, 1.807) is 6.92 Å². The highest BCUT2D eigenvalue weighted by molar-refractivity contribution is 6.11. The Balaban J connectivity index is 2.79. The molecule has 1 saturated heterocycles. The van der Waals surface area contributed by atoms with Crippen LogP contribution in [0.1, 0.15) is 6.92 Å². The van der Waals surface area contributed by atoms with Gasteiger partial charge in [0, 0.05) is 11.9 Å². The Labute approximate surface area is 71.9 Å². The lowest BCUT2D eigenvalue weighted by atomic mass is 9.84. The lowest BCUT2D eigenvalue weighted by Gasteiger charge is -2.28. The second kappa shape index (κ2) is 3.32. The van der Waals surface area contributed by atoms with Gasteiger partial charge in [0.2, 0.25) is 0 Å². The summed E-state index contributed by atoms with van der Waals surface area (Å²) >= 11 is 0. The van der Waals surface area contributed by atoms with Gasteiger partial charge in [-0.25, -0.2) is 4.39 Å². The largest absolute Gasteiger partial charge is 0.393 e. The highest BCUT2D eigenvalue weighted by Crippen LogP contribution is 2.36. The molecule has 1 aliphatic heterocycles. The molecule has 1 rings (SSSR count). The molecule has 3 nitrogen and oxygen atoms in total. The maximum Gasteiger partial charge on any atom is 0.123 e. The highest BCUT2D eigenvalue weighted by atomic mass is 19.1. The lowest BCUT2D eigenvalue weighted by Crippen LogP contribution is -2.43. The van der Waals surface area contributed by atoms with Gasteiger partial charge in [-0.2, -0.15) is 0 Å². The Morgan fingerprint density at radius 3 is 2.17 bits per heavy atom. The molecule has 0 aliphatic carbocycles.